The third kappa shape index (κ3) is 3.38. The van der Waals surface area contributed by atoms with Gasteiger partial charge in [0.1, 0.15) is 0 Å². The summed E-state index contributed by atoms with van der Waals surface area (Å²) >= 11 is 1.82. The summed E-state index contributed by atoms with van der Waals surface area (Å²) < 4.78 is 0. The largest absolute Gasteiger partial charge is 0.294 e. The third-order valence-electron chi connectivity index (χ3n) is 3.76. The van der Waals surface area contributed by atoms with Crippen LogP contribution in [0.15, 0.2) is 29.2 Å². The Bertz CT molecular complexity index is 396. The van der Waals surface area contributed by atoms with Crippen molar-refractivity contribution in [1.29, 1.82) is 0 Å². The quantitative estimate of drug-likeness (QED) is 0.572. The van der Waals surface area contributed by atoms with Crippen molar-refractivity contribution in [2.45, 2.75) is 44.4 Å². The molecule has 0 spiro atoms. The van der Waals surface area contributed by atoms with E-state index in [4.69, 9.17) is 0 Å². The van der Waals surface area contributed by atoms with Crippen molar-refractivity contribution < 1.29 is 4.79 Å². The van der Waals surface area contributed by atoms with E-state index >= 15 is 0 Å². The Balaban J connectivity index is 2.03. The summed E-state index contributed by atoms with van der Waals surface area (Å²) in [5, 5.41) is 0. The van der Waals surface area contributed by atoms with Crippen molar-refractivity contribution in [3.8, 4) is 0 Å². The zero-order valence-corrected chi connectivity index (χ0v) is 12.1. The average molecular weight is 262 g/mol. The van der Waals surface area contributed by atoms with Crippen molar-refractivity contribution in [3.63, 3.8) is 0 Å². The van der Waals surface area contributed by atoms with Crippen LogP contribution >= 0.6 is 11.8 Å². The van der Waals surface area contributed by atoms with Gasteiger partial charge in [0.25, 0.3) is 0 Å². The van der Waals surface area contributed by atoms with Crippen LogP contribution in [0, 0.1) is 11.8 Å². The molecule has 1 aliphatic rings. The maximum Gasteiger partial charge on any atom is 0.165 e. The molecule has 0 N–H and O–H groups in total. The second kappa shape index (κ2) is 6.42. The fourth-order valence-electron chi connectivity index (χ4n) is 2.79. The summed E-state index contributed by atoms with van der Waals surface area (Å²) in [7, 11) is 0. The van der Waals surface area contributed by atoms with Gasteiger partial charge in [0.2, 0.25) is 0 Å². The lowest BCUT2D eigenvalue weighted by Crippen LogP contribution is -2.21. The highest BCUT2D eigenvalue weighted by Gasteiger charge is 2.25. The summed E-state index contributed by atoms with van der Waals surface area (Å²) in [6.07, 6.45) is 4.65. The van der Waals surface area contributed by atoms with Crippen molar-refractivity contribution in [1.82, 2.24) is 0 Å². The lowest BCUT2D eigenvalue weighted by molar-refractivity contribution is 0.0868. The van der Waals surface area contributed by atoms with E-state index in [9.17, 15) is 4.79 Å². The van der Waals surface area contributed by atoms with Gasteiger partial charge in [-0.25, -0.2) is 0 Å². The van der Waals surface area contributed by atoms with Gasteiger partial charge in [0.15, 0.2) is 5.78 Å². The van der Waals surface area contributed by atoms with Gasteiger partial charge in [0, 0.05) is 16.4 Å². The first-order valence-electron chi connectivity index (χ1n) is 6.97. The molecule has 0 amide bonds. The van der Waals surface area contributed by atoms with Crippen LogP contribution in [0.1, 0.15) is 49.9 Å². The first-order chi connectivity index (χ1) is 8.70. The van der Waals surface area contributed by atoms with Crippen molar-refractivity contribution in [2.75, 3.05) is 5.75 Å². The third-order valence-corrected chi connectivity index (χ3v) is 4.65. The fourth-order valence-corrected chi connectivity index (χ4v) is 3.45. The zero-order chi connectivity index (χ0) is 13.0. The normalized spacial score (nSPS) is 23.9. The number of carbonyl (C=O) groups excluding carboxylic acids is 1. The van der Waals surface area contributed by atoms with Gasteiger partial charge >= 0.3 is 0 Å². The molecule has 2 heteroatoms. The minimum absolute atomic E-state index is 0.262. The summed E-state index contributed by atoms with van der Waals surface area (Å²) in [5.41, 5.74) is 0.898. The van der Waals surface area contributed by atoms with Gasteiger partial charge in [0.05, 0.1) is 0 Å². The number of hydrogen-bond donors (Lipinski definition) is 0. The monoisotopic (exact) mass is 262 g/mol. The molecular formula is C16H22OS. The Hall–Kier alpha value is -0.760. The minimum Gasteiger partial charge on any atom is -0.294 e. The van der Waals surface area contributed by atoms with Crippen LogP contribution in [-0.2, 0) is 0 Å². The minimum atomic E-state index is 0.262. The maximum atomic E-state index is 12.4. The molecule has 2 unspecified atom stereocenters. The van der Waals surface area contributed by atoms with E-state index in [2.05, 4.69) is 26.0 Å². The van der Waals surface area contributed by atoms with Crippen LogP contribution in [0.25, 0.3) is 0 Å². The van der Waals surface area contributed by atoms with Gasteiger partial charge in [-0.05, 0) is 36.6 Å². The summed E-state index contributed by atoms with van der Waals surface area (Å²) in [6.45, 7) is 4.41. The van der Waals surface area contributed by atoms with Crippen molar-refractivity contribution in [3.05, 3.63) is 29.8 Å². The number of hydrogen-bond acceptors (Lipinski definition) is 2. The Labute approximate surface area is 114 Å². The predicted octanol–water partition coefficient (Wildman–Crippen LogP) is 4.81. The number of benzene rings is 1. The smallest absolute Gasteiger partial charge is 0.165 e. The van der Waals surface area contributed by atoms with Crippen molar-refractivity contribution in [2.24, 2.45) is 11.8 Å². The first-order valence-corrected chi connectivity index (χ1v) is 7.96. The molecule has 0 heterocycles. The topological polar surface area (TPSA) is 17.1 Å². The molecule has 0 aliphatic heterocycles. The van der Waals surface area contributed by atoms with E-state index in [0.717, 1.165) is 24.2 Å². The lowest BCUT2D eigenvalue weighted by Gasteiger charge is -2.25. The molecule has 98 valence electrons. The number of Topliss-reactive ketones (excluding diaryl/α,β-unsaturated/α-hetero) is 1. The predicted molar refractivity (Wildman–Crippen MR) is 78.3 cm³/mol. The van der Waals surface area contributed by atoms with Gasteiger partial charge in [-0.1, -0.05) is 38.8 Å². The van der Waals surface area contributed by atoms with E-state index < -0.39 is 0 Å². The Morgan fingerprint density at radius 2 is 2.00 bits per heavy atom. The highest BCUT2D eigenvalue weighted by atomic mass is 32.2. The van der Waals surface area contributed by atoms with Crippen LogP contribution in [0.4, 0.5) is 0 Å². The number of carbonyl (C=O) groups is 1. The molecule has 1 aromatic carbocycles. The summed E-state index contributed by atoms with van der Waals surface area (Å²) in [6, 6.07) is 8.15. The van der Waals surface area contributed by atoms with Crippen LogP contribution in [0.5, 0.6) is 0 Å². The molecule has 0 bridgehead atoms. The first kappa shape index (κ1) is 13.7. The molecule has 0 aromatic heterocycles. The van der Waals surface area contributed by atoms with Crippen molar-refractivity contribution >= 4 is 17.5 Å². The molecule has 1 aromatic rings. The van der Waals surface area contributed by atoms with Gasteiger partial charge < -0.3 is 0 Å². The second-order valence-corrected chi connectivity index (χ2v) is 6.63. The molecule has 18 heavy (non-hydrogen) atoms. The molecule has 1 nitrogen and oxygen atoms in total. The Morgan fingerprint density at radius 3 is 2.61 bits per heavy atom. The van der Waals surface area contributed by atoms with Crippen LogP contribution in [-0.4, -0.2) is 11.5 Å². The molecule has 2 rings (SSSR count). The molecule has 1 saturated carbocycles. The fraction of sp³-hybridized carbons (Fsp3) is 0.562. The second-order valence-electron chi connectivity index (χ2n) is 5.29. The average Bonchev–Trinajstić information content (AvgIpc) is 2.39. The molecule has 1 aliphatic carbocycles. The Kier molecular flexibility index (Phi) is 4.87. The molecular weight excluding hydrogens is 240 g/mol. The Morgan fingerprint density at radius 1 is 1.28 bits per heavy atom. The summed E-state index contributed by atoms with van der Waals surface area (Å²) in [5.74, 6) is 2.41. The van der Waals surface area contributed by atoms with Crippen LogP contribution < -0.4 is 0 Å². The standard InChI is InChI=1S/C16H22OS/c1-3-18-15-9-7-13(8-10-15)16(17)14-6-4-5-12(2)11-14/h7-10,12,14H,3-6,11H2,1-2H3. The molecule has 0 radical (unpaired) electrons. The van der Waals surface area contributed by atoms with E-state index in [1.807, 2.05) is 23.9 Å². The zero-order valence-electron chi connectivity index (χ0n) is 11.3. The number of rotatable bonds is 4. The molecule has 0 saturated heterocycles. The van der Waals surface area contributed by atoms with Gasteiger partial charge in [-0.15, -0.1) is 11.8 Å². The summed E-state index contributed by atoms with van der Waals surface area (Å²) in [4.78, 5) is 13.7. The molecule has 2 atom stereocenters. The van der Waals surface area contributed by atoms with Gasteiger partial charge in [-0.2, -0.15) is 0 Å². The SMILES string of the molecule is CCSc1ccc(C(=O)C2CCCC(C)C2)cc1. The van der Waals surface area contributed by atoms with Gasteiger partial charge in [-0.3, -0.25) is 4.79 Å². The van der Waals surface area contributed by atoms with Crippen LogP contribution in [0.2, 0.25) is 0 Å². The van der Waals surface area contributed by atoms with E-state index in [0.29, 0.717) is 11.7 Å². The molecule has 1 fully saturated rings. The van der Waals surface area contributed by atoms with E-state index in [1.54, 1.807) is 0 Å². The van der Waals surface area contributed by atoms with E-state index in [-0.39, 0.29) is 5.92 Å². The number of thioether (sulfide) groups is 1. The van der Waals surface area contributed by atoms with Crippen LogP contribution in [0.3, 0.4) is 0 Å². The maximum absolute atomic E-state index is 12.4. The highest BCUT2D eigenvalue weighted by molar-refractivity contribution is 7.99. The highest BCUT2D eigenvalue weighted by Crippen LogP contribution is 2.31. The lowest BCUT2D eigenvalue weighted by atomic mass is 9.79. The van der Waals surface area contributed by atoms with E-state index in [1.165, 1.54) is 17.7 Å². The number of ketones is 1.